The third kappa shape index (κ3) is 5.03. The van der Waals surface area contributed by atoms with Crippen molar-refractivity contribution in [1.82, 2.24) is 5.32 Å². The molecule has 1 atom stereocenters. The highest BCUT2D eigenvalue weighted by atomic mass is 16.5. The molecule has 1 unspecified atom stereocenters. The topological polar surface area (TPSA) is 55.4 Å². The summed E-state index contributed by atoms with van der Waals surface area (Å²) in [6, 6.07) is 6.88. The smallest absolute Gasteiger partial charge is 0.260 e. The van der Waals surface area contributed by atoms with E-state index in [0.717, 1.165) is 0 Å². The summed E-state index contributed by atoms with van der Waals surface area (Å²) in [5, 5.41) is 2.82. The highest BCUT2D eigenvalue weighted by Crippen LogP contribution is 2.15. The molecule has 4 nitrogen and oxygen atoms in total. The largest absolute Gasteiger partial charge is 0.481 e. The quantitative estimate of drug-likeness (QED) is 0.780. The van der Waals surface area contributed by atoms with Gasteiger partial charge in [-0.15, -0.1) is 0 Å². The van der Waals surface area contributed by atoms with Crippen LogP contribution in [0.1, 0.15) is 44.5 Å². The summed E-state index contributed by atoms with van der Waals surface area (Å²) in [4.78, 5) is 23.3. The predicted molar refractivity (Wildman–Crippen MR) is 79.0 cm³/mol. The number of nitrogens with one attached hydrogen (secondary N) is 1. The molecule has 0 radical (unpaired) electrons. The van der Waals surface area contributed by atoms with Crippen LogP contribution >= 0.6 is 0 Å². The van der Waals surface area contributed by atoms with Crippen LogP contribution in [0.25, 0.3) is 0 Å². The molecule has 0 saturated carbocycles. The molecule has 0 heterocycles. The van der Waals surface area contributed by atoms with Crippen LogP contribution in [0.4, 0.5) is 0 Å². The predicted octanol–water partition coefficient (Wildman–Crippen LogP) is 2.82. The molecule has 1 aromatic carbocycles. The maximum absolute atomic E-state index is 11.8. The zero-order valence-electron chi connectivity index (χ0n) is 12.6. The molecule has 20 heavy (non-hydrogen) atoms. The van der Waals surface area contributed by atoms with Crippen LogP contribution in [-0.4, -0.2) is 24.3 Å². The molecular formula is C16H23NO3. The molecule has 110 valence electrons. The third-order valence-electron chi connectivity index (χ3n) is 2.86. The van der Waals surface area contributed by atoms with Crippen molar-refractivity contribution >= 4 is 11.7 Å². The SMILES string of the molecule is CCC(=O)c1ccc(OC(C)C(=O)NCC(C)C)cc1. The van der Waals surface area contributed by atoms with Crippen molar-refractivity contribution in [3.63, 3.8) is 0 Å². The lowest BCUT2D eigenvalue weighted by Crippen LogP contribution is -2.38. The summed E-state index contributed by atoms with van der Waals surface area (Å²) in [6.07, 6.45) is -0.0738. The number of hydrogen-bond acceptors (Lipinski definition) is 3. The molecular weight excluding hydrogens is 254 g/mol. The van der Waals surface area contributed by atoms with Crippen LogP contribution in [0.3, 0.4) is 0 Å². The van der Waals surface area contributed by atoms with Crippen molar-refractivity contribution in [2.24, 2.45) is 5.92 Å². The number of benzene rings is 1. The van der Waals surface area contributed by atoms with Gasteiger partial charge in [0.25, 0.3) is 5.91 Å². The van der Waals surface area contributed by atoms with Crippen molar-refractivity contribution in [2.75, 3.05) is 6.54 Å². The lowest BCUT2D eigenvalue weighted by molar-refractivity contribution is -0.127. The van der Waals surface area contributed by atoms with Gasteiger partial charge in [0.05, 0.1) is 0 Å². The molecule has 0 saturated heterocycles. The van der Waals surface area contributed by atoms with Gasteiger partial charge in [-0.25, -0.2) is 0 Å². The Kier molecular flexibility index (Phi) is 6.22. The molecule has 1 N–H and O–H groups in total. The van der Waals surface area contributed by atoms with E-state index in [1.165, 1.54) is 0 Å². The minimum atomic E-state index is -0.554. The number of carbonyl (C=O) groups excluding carboxylic acids is 2. The fraction of sp³-hybridized carbons (Fsp3) is 0.500. The average molecular weight is 277 g/mol. The Balaban J connectivity index is 2.55. The minimum absolute atomic E-state index is 0.0966. The van der Waals surface area contributed by atoms with E-state index in [-0.39, 0.29) is 11.7 Å². The zero-order valence-corrected chi connectivity index (χ0v) is 12.6. The maximum atomic E-state index is 11.8. The van der Waals surface area contributed by atoms with E-state index in [9.17, 15) is 9.59 Å². The van der Waals surface area contributed by atoms with Crippen LogP contribution in [-0.2, 0) is 4.79 Å². The third-order valence-corrected chi connectivity index (χ3v) is 2.86. The monoisotopic (exact) mass is 277 g/mol. The Hall–Kier alpha value is -1.84. The highest BCUT2D eigenvalue weighted by molar-refractivity contribution is 5.95. The molecule has 0 spiro atoms. The Morgan fingerprint density at radius 2 is 1.75 bits per heavy atom. The second kappa shape index (κ2) is 7.68. The van der Waals surface area contributed by atoms with E-state index in [4.69, 9.17) is 4.74 Å². The molecule has 1 amide bonds. The lowest BCUT2D eigenvalue weighted by Gasteiger charge is -2.15. The molecule has 0 aliphatic rings. The summed E-state index contributed by atoms with van der Waals surface area (Å²) in [5.74, 6) is 0.960. The number of Topliss-reactive ketones (excluding diaryl/α,β-unsaturated/α-hetero) is 1. The van der Waals surface area contributed by atoms with E-state index in [1.54, 1.807) is 31.2 Å². The normalized spacial score (nSPS) is 12.1. The second-order valence-electron chi connectivity index (χ2n) is 5.20. The van der Waals surface area contributed by atoms with E-state index in [1.807, 2.05) is 20.8 Å². The molecule has 0 aliphatic heterocycles. The summed E-state index contributed by atoms with van der Waals surface area (Å²) >= 11 is 0. The highest BCUT2D eigenvalue weighted by Gasteiger charge is 2.14. The van der Waals surface area contributed by atoms with Gasteiger partial charge in [0.2, 0.25) is 0 Å². The average Bonchev–Trinajstić information content (AvgIpc) is 2.44. The first-order chi connectivity index (χ1) is 9.43. The van der Waals surface area contributed by atoms with E-state index in [0.29, 0.717) is 30.2 Å². The van der Waals surface area contributed by atoms with Crippen LogP contribution in [0.15, 0.2) is 24.3 Å². The first-order valence-electron chi connectivity index (χ1n) is 7.01. The van der Waals surface area contributed by atoms with E-state index in [2.05, 4.69) is 5.32 Å². The van der Waals surface area contributed by atoms with Crippen molar-refractivity contribution < 1.29 is 14.3 Å². The van der Waals surface area contributed by atoms with E-state index >= 15 is 0 Å². The van der Waals surface area contributed by atoms with Gasteiger partial charge in [-0.2, -0.15) is 0 Å². The number of hydrogen-bond donors (Lipinski definition) is 1. The first kappa shape index (κ1) is 16.2. The number of ether oxygens (including phenoxy) is 1. The molecule has 1 rings (SSSR count). The lowest BCUT2D eigenvalue weighted by atomic mass is 10.1. The molecule has 0 bridgehead atoms. The fourth-order valence-corrected chi connectivity index (χ4v) is 1.63. The number of ketones is 1. The summed E-state index contributed by atoms with van der Waals surface area (Å²) in [7, 11) is 0. The van der Waals surface area contributed by atoms with Gasteiger partial charge in [0, 0.05) is 18.5 Å². The molecule has 0 aliphatic carbocycles. The first-order valence-corrected chi connectivity index (χ1v) is 7.01. The zero-order chi connectivity index (χ0) is 15.1. The van der Waals surface area contributed by atoms with Crippen LogP contribution in [0.2, 0.25) is 0 Å². The Bertz CT molecular complexity index is 451. The minimum Gasteiger partial charge on any atom is -0.481 e. The van der Waals surface area contributed by atoms with Crippen molar-refractivity contribution in [1.29, 1.82) is 0 Å². The van der Waals surface area contributed by atoms with E-state index < -0.39 is 6.10 Å². The maximum Gasteiger partial charge on any atom is 0.260 e. The standard InChI is InChI=1S/C16H23NO3/c1-5-15(18)13-6-8-14(9-7-13)20-12(4)16(19)17-10-11(2)3/h6-9,11-12H,5,10H2,1-4H3,(H,17,19). The summed E-state index contributed by atoms with van der Waals surface area (Å²) < 4.78 is 5.55. The molecule has 0 fully saturated rings. The van der Waals surface area contributed by atoms with Gasteiger partial charge >= 0.3 is 0 Å². The number of amides is 1. The summed E-state index contributed by atoms with van der Waals surface area (Å²) in [5.41, 5.74) is 0.664. The molecule has 1 aromatic rings. The van der Waals surface area contributed by atoms with Gasteiger partial charge in [-0.05, 0) is 37.1 Å². The van der Waals surface area contributed by atoms with Gasteiger partial charge in [-0.3, -0.25) is 9.59 Å². The van der Waals surface area contributed by atoms with Gasteiger partial charge in [0.15, 0.2) is 11.9 Å². The molecule has 4 heteroatoms. The Labute approximate surface area is 120 Å². The van der Waals surface area contributed by atoms with Crippen LogP contribution < -0.4 is 10.1 Å². The van der Waals surface area contributed by atoms with Crippen LogP contribution in [0.5, 0.6) is 5.75 Å². The Morgan fingerprint density at radius 1 is 1.15 bits per heavy atom. The second-order valence-corrected chi connectivity index (χ2v) is 5.20. The Morgan fingerprint density at radius 3 is 2.25 bits per heavy atom. The summed E-state index contributed by atoms with van der Waals surface area (Å²) in [6.45, 7) is 8.25. The van der Waals surface area contributed by atoms with Crippen LogP contribution in [0, 0.1) is 5.92 Å². The fourth-order valence-electron chi connectivity index (χ4n) is 1.63. The molecule has 0 aromatic heterocycles. The van der Waals surface area contributed by atoms with Crippen molar-refractivity contribution in [3.05, 3.63) is 29.8 Å². The van der Waals surface area contributed by atoms with Crippen molar-refractivity contribution in [2.45, 2.75) is 40.2 Å². The van der Waals surface area contributed by atoms with Gasteiger partial charge < -0.3 is 10.1 Å². The number of carbonyl (C=O) groups is 2. The number of rotatable bonds is 7. The van der Waals surface area contributed by atoms with Gasteiger partial charge in [-0.1, -0.05) is 20.8 Å². The van der Waals surface area contributed by atoms with Gasteiger partial charge in [0.1, 0.15) is 5.75 Å². The van der Waals surface area contributed by atoms with Crippen molar-refractivity contribution in [3.8, 4) is 5.75 Å².